The fraction of sp³-hybridized carbons (Fsp3) is 0.450. The molecule has 27 heavy (non-hydrogen) atoms. The van der Waals surface area contributed by atoms with Crippen molar-refractivity contribution in [3.05, 3.63) is 47.8 Å². The van der Waals surface area contributed by atoms with Gasteiger partial charge in [-0.2, -0.15) is 0 Å². The van der Waals surface area contributed by atoms with Crippen LogP contribution in [0.5, 0.6) is 5.75 Å². The van der Waals surface area contributed by atoms with Crippen molar-refractivity contribution in [3.63, 3.8) is 0 Å². The number of nitrogens with zero attached hydrogens (tertiary/aromatic N) is 5. The molecule has 0 spiro atoms. The summed E-state index contributed by atoms with van der Waals surface area (Å²) in [7, 11) is 3.77. The van der Waals surface area contributed by atoms with Crippen LogP contribution in [0.1, 0.15) is 16.1 Å². The van der Waals surface area contributed by atoms with Gasteiger partial charge in [0, 0.05) is 53.0 Å². The van der Waals surface area contributed by atoms with Crippen LogP contribution >= 0.6 is 0 Å². The first-order chi connectivity index (χ1) is 13.0. The highest BCUT2D eigenvalue weighted by atomic mass is 16.5. The van der Waals surface area contributed by atoms with Crippen LogP contribution in [-0.4, -0.2) is 79.1 Å². The second-order valence-electron chi connectivity index (χ2n) is 6.86. The molecule has 7 nitrogen and oxygen atoms in total. The second-order valence-corrected chi connectivity index (χ2v) is 6.86. The molecule has 1 aliphatic heterocycles. The summed E-state index contributed by atoms with van der Waals surface area (Å²) in [6.07, 6.45) is 1.64. The quantitative estimate of drug-likeness (QED) is 0.772. The highest BCUT2D eigenvalue weighted by molar-refractivity contribution is 5.95. The molecule has 0 saturated carbocycles. The van der Waals surface area contributed by atoms with E-state index in [4.69, 9.17) is 4.74 Å². The van der Waals surface area contributed by atoms with Crippen LogP contribution in [0.4, 0.5) is 5.95 Å². The summed E-state index contributed by atoms with van der Waals surface area (Å²) in [5.41, 5.74) is 1.30. The molecule has 1 aliphatic rings. The fourth-order valence-electron chi connectivity index (χ4n) is 3.03. The minimum atomic E-state index is 0.0120. The Morgan fingerprint density at radius 1 is 1.15 bits per heavy atom. The largest absolute Gasteiger partial charge is 0.492 e. The van der Waals surface area contributed by atoms with Crippen LogP contribution in [0.3, 0.4) is 0 Å². The number of carbonyl (C=O) groups excluding carboxylic acids is 1. The second kappa shape index (κ2) is 8.81. The fourth-order valence-corrected chi connectivity index (χ4v) is 3.03. The van der Waals surface area contributed by atoms with E-state index in [1.807, 2.05) is 61.2 Å². The molecular weight excluding hydrogens is 342 g/mol. The van der Waals surface area contributed by atoms with Crippen molar-refractivity contribution >= 4 is 11.9 Å². The molecular formula is C20H27N5O2. The van der Waals surface area contributed by atoms with Crippen LogP contribution in [0.2, 0.25) is 0 Å². The van der Waals surface area contributed by atoms with Gasteiger partial charge in [-0.05, 0) is 19.1 Å². The number of amides is 1. The highest BCUT2D eigenvalue weighted by Crippen LogP contribution is 2.14. The SMILES string of the molecule is Cc1nc(N(C)C)ncc1C(=O)N1CCN(CCOc2ccccc2)CC1. The molecule has 1 fully saturated rings. The number of aryl methyl sites for hydroxylation is 1. The van der Waals surface area contributed by atoms with Crippen LogP contribution in [0, 0.1) is 6.92 Å². The maximum Gasteiger partial charge on any atom is 0.257 e. The predicted molar refractivity (Wildman–Crippen MR) is 105 cm³/mol. The van der Waals surface area contributed by atoms with E-state index in [0.29, 0.717) is 31.2 Å². The van der Waals surface area contributed by atoms with Crippen molar-refractivity contribution in [3.8, 4) is 5.75 Å². The molecule has 0 atom stereocenters. The Labute approximate surface area is 160 Å². The Kier molecular flexibility index (Phi) is 6.24. The van der Waals surface area contributed by atoms with Crippen molar-refractivity contribution in [1.29, 1.82) is 0 Å². The van der Waals surface area contributed by atoms with Gasteiger partial charge in [0.2, 0.25) is 5.95 Å². The zero-order valence-electron chi connectivity index (χ0n) is 16.3. The predicted octanol–water partition coefficient (Wildman–Crippen LogP) is 1.69. The van der Waals surface area contributed by atoms with E-state index < -0.39 is 0 Å². The summed E-state index contributed by atoms with van der Waals surface area (Å²) in [6.45, 7) is 6.48. The molecule has 1 amide bonds. The molecule has 1 aromatic carbocycles. The summed E-state index contributed by atoms with van der Waals surface area (Å²) in [5.74, 6) is 1.52. The van der Waals surface area contributed by atoms with Gasteiger partial charge >= 0.3 is 0 Å². The third-order valence-electron chi connectivity index (χ3n) is 4.68. The molecule has 0 N–H and O–H groups in total. The molecule has 2 heterocycles. The molecule has 1 saturated heterocycles. The van der Waals surface area contributed by atoms with Gasteiger partial charge in [-0.15, -0.1) is 0 Å². The van der Waals surface area contributed by atoms with Gasteiger partial charge in [0.25, 0.3) is 5.91 Å². The topological polar surface area (TPSA) is 61.8 Å². The number of para-hydroxylation sites is 1. The summed E-state index contributed by atoms with van der Waals surface area (Å²) in [6, 6.07) is 9.84. The Balaban J connectivity index is 1.48. The monoisotopic (exact) mass is 369 g/mol. The molecule has 0 aliphatic carbocycles. The molecule has 2 aromatic rings. The van der Waals surface area contributed by atoms with E-state index in [1.54, 1.807) is 6.20 Å². The van der Waals surface area contributed by atoms with Gasteiger partial charge in [0.1, 0.15) is 12.4 Å². The molecule has 144 valence electrons. The van der Waals surface area contributed by atoms with Crippen LogP contribution in [-0.2, 0) is 0 Å². The minimum Gasteiger partial charge on any atom is -0.492 e. The lowest BCUT2D eigenvalue weighted by atomic mass is 10.2. The highest BCUT2D eigenvalue weighted by Gasteiger charge is 2.24. The van der Waals surface area contributed by atoms with E-state index in [2.05, 4.69) is 14.9 Å². The van der Waals surface area contributed by atoms with Crippen LogP contribution in [0.15, 0.2) is 36.5 Å². The standard InChI is InChI=1S/C20H27N5O2/c1-16-18(15-21-20(22-16)23(2)3)19(26)25-11-9-24(10-12-25)13-14-27-17-7-5-4-6-8-17/h4-8,15H,9-14H2,1-3H3. The summed E-state index contributed by atoms with van der Waals surface area (Å²) in [4.78, 5) is 27.5. The normalized spacial score (nSPS) is 14.9. The number of aromatic nitrogens is 2. The number of carbonyl (C=O) groups is 1. The molecule has 7 heteroatoms. The van der Waals surface area contributed by atoms with Crippen molar-refractivity contribution in [2.45, 2.75) is 6.92 Å². The van der Waals surface area contributed by atoms with Crippen molar-refractivity contribution in [1.82, 2.24) is 19.8 Å². The van der Waals surface area contributed by atoms with Gasteiger partial charge in [0.15, 0.2) is 0 Å². The zero-order chi connectivity index (χ0) is 19.2. The first-order valence-electron chi connectivity index (χ1n) is 9.25. The van der Waals surface area contributed by atoms with Gasteiger partial charge < -0.3 is 14.5 Å². The van der Waals surface area contributed by atoms with Crippen molar-refractivity contribution < 1.29 is 9.53 Å². The molecule has 0 radical (unpaired) electrons. The first kappa shape index (κ1) is 19.1. The number of hydrogen-bond donors (Lipinski definition) is 0. The van der Waals surface area contributed by atoms with Gasteiger partial charge in [-0.3, -0.25) is 9.69 Å². The zero-order valence-corrected chi connectivity index (χ0v) is 16.3. The smallest absolute Gasteiger partial charge is 0.257 e. The lowest BCUT2D eigenvalue weighted by Gasteiger charge is -2.34. The number of hydrogen-bond acceptors (Lipinski definition) is 6. The van der Waals surface area contributed by atoms with Crippen LogP contribution < -0.4 is 9.64 Å². The van der Waals surface area contributed by atoms with E-state index in [1.165, 1.54) is 0 Å². The lowest BCUT2D eigenvalue weighted by Crippen LogP contribution is -2.49. The summed E-state index contributed by atoms with van der Waals surface area (Å²) in [5, 5.41) is 0. The maximum atomic E-state index is 12.8. The Bertz CT molecular complexity index is 758. The van der Waals surface area contributed by atoms with E-state index >= 15 is 0 Å². The van der Waals surface area contributed by atoms with Gasteiger partial charge in [-0.1, -0.05) is 18.2 Å². The number of anilines is 1. The number of ether oxygens (including phenoxy) is 1. The Morgan fingerprint density at radius 3 is 2.48 bits per heavy atom. The third-order valence-corrected chi connectivity index (χ3v) is 4.68. The Hall–Kier alpha value is -2.67. The van der Waals surface area contributed by atoms with E-state index in [9.17, 15) is 4.79 Å². The number of rotatable bonds is 6. The first-order valence-corrected chi connectivity index (χ1v) is 9.25. The number of piperazine rings is 1. The molecule has 1 aromatic heterocycles. The average Bonchev–Trinajstić information content (AvgIpc) is 2.69. The van der Waals surface area contributed by atoms with Gasteiger partial charge in [0.05, 0.1) is 11.3 Å². The minimum absolute atomic E-state index is 0.0120. The average molecular weight is 369 g/mol. The van der Waals surface area contributed by atoms with E-state index in [-0.39, 0.29) is 5.91 Å². The lowest BCUT2D eigenvalue weighted by molar-refractivity contribution is 0.0618. The Morgan fingerprint density at radius 2 is 1.85 bits per heavy atom. The van der Waals surface area contributed by atoms with Crippen molar-refractivity contribution in [2.24, 2.45) is 0 Å². The molecule has 3 rings (SSSR count). The van der Waals surface area contributed by atoms with Crippen molar-refractivity contribution in [2.75, 3.05) is 58.3 Å². The molecule has 0 bridgehead atoms. The third kappa shape index (κ3) is 4.95. The molecule has 0 unspecified atom stereocenters. The van der Waals surface area contributed by atoms with Gasteiger partial charge in [-0.25, -0.2) is 9.97 Å². The number of benzene rings is 1. The summed E-state index contributed by atoms with van der Waals surface area (Å²) < 4.78 is 5.76. The summed E-state index contributed by atoms with van der Waals surface area (Å²) >= 11 is 0. The van der Waals surface area contributed by atoms with Crippen LogP contribution in [0.25, 0.3) is 0 Å². The van der Waals surface area contributed by atoms with E-state index in [0.717, 1.165) is 31.1 Å². The maximum absolute atomic E-state index is 12.8.